The Balaban J connectivity index is 1.52. The standard InChI is InChI=1S/C26H28N2O4/c1-2-3-9-18-31-22-16-14-21(15-17-22)25(29)27-28-26(30)23-12-7-8-13-24(23)32-19-20-10-5-4-6-11-20/h4-8,10-17H,2-3,9,18-19H2,1H3,(H,27,29)(H,28,30). The molecule has 0 bridgehead atoms. The fraction of sp³-hybridized carbons (Fsp3) is 0.231. The Morgan fingerprint density at radius 1 is 0.750 bits per heavy atom. The van der Waals surface area contributed by atoms with Gasteiger partial charge in [-0.3, -0.25) is 20.4 Å². The van der Waals surface area contributed by atoms with E-state index >= 15 is 0 Å². The minimum absolute atomic E-state index is 0.333. The summed E-state index contributed by atoms with van der Waals surface area (Å²) >= 11 is 0. The van der Waals surface area contributed by atoms with E-state index in [-0.39, 0.29) is 0 Å². The molecule has 0 atom stereocenters. The van der Waals surface area contributed by atoms with Gasteiger partial charge in [-0.25, -0.2) is 0 Å². The highest BCUT2D eigenvalue weighted by Crippen LogP contribution is 2.19. The molecule has 166 valence electrons. The molecule has 0 aliphatic carbocycles. The van der Waals surface area contributed by atoms with Gasteiger partial charge in [0.1, 0.15) is 18.1 Å². The van der Waals surface area contributed by atoms with Gasteiger partial charge >= 0.3 is 0 Å². The topological polar surface area (TPSA) is 76.7 Å². The van der Waals surface area contributed by atoms with Gasteiger partial charge in [-0.15, -0.1) is 0 Å². The van der Waals surface area contributed by atoms with Crippen LogP contribution in [0, 0.1) is 0 Å². The van der Waals surface area contributed by atoms with Gasteiger partial charge in [0.15, 0.2) is 0 Å². The summed E-state index contributed by atoms with van der Waals surface area (Å²) in [5.41, 5.74) is 6.64. The number of unbranched alkanes of at least 4 members (excludes halogenated alkanes) is 2. The van der Waals surface area contributed by atoms with Crippen molar-refractivity contribution in [1.29, 1.82) is 0 Å². The number of rotatable bonds is 10. The second-order valence-electron chi connectivity index (χ2n) is 7.26. The van der Waals surface area contributed by atoms with Gasteiger partial charge in [-0.1, -0.05) is 62.2 Å². The second kappa shape index (κ2) is 12.2. The van der Waals surface area contributed by atoms with Crippen LogP contribution in [0.5, 0.6) is 11.5 Å². The molecule has 2 N–H and O–H groups in total. The molecule has 0 saturated heterocycles. The average molecular weight is 433 g/mol. The second-order valence-corrected chi connectivity index (χ2v) is 7.26. The summed E-state index contributed by atoms with van der Waals surface area (Å²) in [5.74, 6) is 0.273. The SMILES string of the molecule is CCCCCOc1ccc(C(=O)NNC(=O)c2ccccc2OCc2ccccc2)cc1. The summed E-state index contributed by atoms with van der Waals surface area (Å²) in [4.78, 5) is 25.0. The Morgan fingerprint density at radius 3 is 2.19 bits per heavy atom. The van der Waals surface area contributed by atoms with Gasteiger partial charge in [-0.2, -0.15) is 0 Å². The number of nitrogens with one attached hydrogen (secondary N) is 2. The zero-order valence-corrected chi connectivity index (χ0v) is 18.2. The van der Waals surface area contributed by atoms with Crippen molar-refractivity contribution >= 4 is 11.8 Å². The summed E-state index contributed by atoms with van der Waals surface area (Å²) < 4.78 is 11.5. The number of carbonyl (C=O) groups excluding carboxylic acids is 2. The van der Waals surface area contributed by atoms with Crippen LogP contribution in [0.25, 0.3) is 0 Å². The van der Waals surface area contributed by atoms with Crippen LogP contribution < -0.4 is 20.3 Å². The fourth-order valence-electron chi connectivity index (χ4n) is 3.01. The molecule has 0 aliphatic rings. The quantitative estimate of drug-likeness (QED) is 0.353. The summed E-state index contributed by atoms with van der Waals surface area (Å²) in [6.07, 6.45) is 3.26. The van der Waals surface area contributed by atoms with Gasteiger partial charge in [0.2, 0.25) is 0 Å². The van der Waals surface area contributed by atoms with E-state index in [1.54, 1.807) is 48.5 Å². The third-order valence-electron chi connectivity index (χ3n) is 4.79. The van der Waals surface area contributed by atoms with E-state index in [9.17, 15) is 9.59 Å². The van der Waals surface area contributed by atoms with E-state index in [0.717, 1.165) is 24.8 Å². The van der Waals surface area contributed by atoms with Crippen LogP contribution in [0.4, 0.5) is 0 Å². The molecule has 0 fully saturated rings. The van der Waals surface area contributed by atoms with Crippen LogP contribution in [-0.4, -0.2) is 18.4 Å². The fourth-order valence-corrected chi connectivity index (χ4v) is 3.01. The molecule has 0 heterocycles. The monoisotopic (exact) mass is 432 g/mol. The summed E-state index contributed by atoms with van der Waals surface area (Å²) in [6.45, 7) is 3.13. The normalized spacial score (nSPS) is 10.3. The van der Waals surface area contributed by atoms with Crippen LogP contribution in [0.3, 0.4) is 0 Å². The van der Waals surface area contributed by atoms with Crippen LogP contribution in [0.15, 0.2) is 78.9 Å². The lowest BCUT2D eigenvalue weighted by molar-refractivity contribution is 0.0844. The number of hydrogen-bond acceptors (Lipinski definition) is 4. The molecule has 2 amide bonds. The lowest BCUT2D eigenvalue weighted by atomic mass is 10.2. The minimum atomic E-state index is -0.460. The first kappa shape index (κ1) is 22.9. The Kier molecular flexibility index (Phi) is 8.69. The predicted molar refractivity (Wildman–Crippen MR) is 124 cm³/mol. The molecule has 3 aromatic rings. The molecule has 0 aliphatic heterocycles. The molecule has 0 unspecified atom stereocenters. The summed E-state index contributed by atoms with van der Waals surface area (Å²) in [7, 11) is 0. The van der Waals surface area contributed by atoms with Crippen molar-refractivity contribution in [3.8, 4) is 11.5 Å². The molecule has 32 heavy (non-hydrogen) atoms. The van der Waals surface area contributed by atoms with Gasteiger partial charge in [-0.05, 0) is 48.4 Å². The minimum Gasteiger partial charge on any atom is -0.494 e. The van der Waals surface area contributed by atoms with E-state index in [4.69, 9.17) is 9.47 Å². The molecule has 0 spiro atoms. The van der Waals surface area contributed by atoms with E-state index in [2.05, 4.69) is 17.8 Å². The number of ether oxygens (including phenoxy) is 2. The van der Waals surface area contributed by atoms with E-state index in [1.165, 1.54) is 0 Å². The Bertz CT molecular complexity index is 1000. The van der Waals surface area contributed by atoms with Crippen LogP contribution in [0.1, 0.15) is 52.5 Å². The molecular formula is C26H28N2O4. The Morgan fingerprint density at radius 2 is 1.44 bits per heavy atom. The Labute approximate surface area is 188 Å². The smallest absolute Gasteiger partial charge is 0.273 e. The highest BCUT2D eigenvalue weighted by Gasteiger charge is 2.14. The van der Waals surface area contributed by atoms with Gasteiger partial charge in [0.25, 0.3) is 11.8 Å². The molecule has 0 aromatic heterocycles. The van der Waals surface area contributed by atoms with Crippen LogP contribution in [0.2, 0.25) is 0 Å². The zero-order chi connectivity index (χ0) is 22.6. The van der Waals surface area contributed by atoms with Crippen molar-refractivity contribution in [2.75, 3.05) is 6.61 Å². The van der Waals surface area contributed by atoms with Gasteiger partial charge in [0.05, 0.1) is 12.2 Å². The molecule has 3 aromatic carbocycles. The average Bonchev–Trinajstić information content (AvgIpc) is 2.85. The predicted octanol–water partition coefficient (Wildman–Crippen LogP) is 4.91. The maximum atomic E-state index is 12.6. The van der Waals surface area contributed by atoms with Crippen molar-refractivity contribution in [3.63, 3.8) is 0 Å². The number of hydrogen-bond donors (Lipinski definition) is 2. The van der Waals surface area contributed by atoms with Crippen molar-refractivity contribution in [2.24, 2.45) is 0 Å². The Hall–Kier alpha value is -3.80. The molecule has 3 rings (SSSR count). The first-order valence-electron chi connectivity index (χ1n) is 10.8. The van der Waals surface area contributed by atoms with Crippen LogP contribution in [-0.2, 0) is 6.61 Å². The van der Waals surface area contributed by atoms with E-state index < -0.39 is 11.8 Å². The molecular weight excluding hydrogens is 404 g/mol. The first-order chi connectivity index (χ1) is 15.7. The van der Waals surface area contributed by atoms with Crippen molar-refractivity contribution in [1.82, 2.24) is 10.9 Å². The number of hydrazine groups is 1. The highest BCUT2D eigenvalue weighted by molar-refractivity contribution is 6.00. The maximum Gasteiger partial charge on any atom is 0.273 e. The molecule has 6 nitrogen and oxygen atoms in total. The lowest BCUT2D eigenvalue weighted by Crippen LogP contribution is -2.41. The largest absolute Gasteiger partial charge is 0.494 e. The molecule has 0 saturated carbocycles. The third kappa shape index (κ3) is 6.87. The van der Waals surface area contributed by atoms with Crippen LogP contribution >= 0.6 is 0 Å². The maximum absolute atomic E-state index is 12.6. The van der Waals surface area contributed by atoms with Crippen molar-refractivity contribution in [2.45, 2.75) is 32.8 Å². The first-order valence-corrected chi connectivity index (χ1v) is 10.8. The number of benzene rings is 3. The van der Waals surface area contributed by atoms with E-state index in [1.807, 2.05) is 30.3 Å². The van der Waals surface area contributed by atoms with Crippen molar-refractivity contribution < 1.29 is 19.1 Å². The third-order valence-corrected chi connectivity index (χ3v) is 4.79. The lowest BCUT2D eigenvalue weighted by Gasteiger charge is -2.12. The number of amides is 2. The number of para-hydroxylation sites is 1. The molecule has 6 heteroatoms. The summed E-state index contributed by atoms with van der Waals surface area (Å²) in [6, 6.07) is 23.4. The van der Waals surface area contributed by atoms with Gasteiger partial charge in [0, 0.05) is 5.56 Å². The number of carbonyl (C=O) groups is 2. The highest BCUT2D eigenvalue weighted by atomic mass is 16.5. The van der Waals surface area contributed by atoms with E-state index in [0.29, 0.717) is 35.8 Å². The molecule has 0 radical (unpaired) electrons. The zero-order valence-electron chi connectivity index (χ0n) is 18.2. The summed E-state index contributed by atoms with van der Waals surface area (Å²) in [5, 5.41) is 0. The van der Waals surface area contributed by atoms with Gasteiger partial charge < -0.3 is 9.47 Å². The van der Waals surface area contributed by atoms with Crippen molar-refractivity contribution in [3.05, 3.63) is 95.6 Å².